The van der Waals surface area contributed by atoms with Crippen molar-refractivity contribution in [2.45, 2.75) is 9.79 Å². The minimum absolute atomic E-state index is 0.172. The Morgan fingerprint density at radius 1 is 0.500 bits per heavy atom. The van der Waals surface area contributed by atoms with Gasteiger partial charge in [0.1, 0.15) is 22.9 Å². The fourth-order valence-corrected chi connectivity index (χ4v) is 7.73. The second kappa shape index (κ2) is 14.1. The Morgan fingerprint density at radius 3 is 1.29 bits per heavy atom. The number of sulfone groups is 2. The van der Waals surface area contributed by atoms with Crippen molar-refractivity contribution in [2.75, 3.05) is 36.7 Å². The maximum Gasteiger partial charge on any atom is 0.269 e. The summed E-state index contributed by atoms with van der Waals surface area (Å²) in [5.74, 6) is 1.34. The molecule has 4 aromatic heterocycles. The van der Waals surface area contributed by atoms with E-state index in [1.54, 1.807) is 81.8 Å². The maximum absolute atomic E-state index is 12.5. The van der Waals surface area contributed by atoms with E-state index < -0.39 is 19.7 Å². The number of fused-ring (bicyclic) bond motifs is 2. The van der Waals surface area contributed by atoms with Gasteiger partial charge in [-0.05, 0) is 72.8 Å². The Bertz CT molecular complexity index is 2800. The number of hydrogen-bond donors (Lipinski definition) is 0. The molecular formula is C40H34N8O6S2. The lowest BCUT2D eigenvalue weighted by atomic mass is 10.1. The molecule has 0 fully saturated rings. The van der Waals surface area contributed by atoms with Crippen LogP contribution >= 0.6 is 0 Å². The molecule has 14 nitrogen and oxygen atoms in total. The topological polar surface area (TPSA) is 154 Å². The number of benzene rings is 4. The number of ether oxygens (including phenoxy) is 2. The van der Waals surface area contributed by atoms with Crippen molar-refractivity contribution in [1.29, 1.82) is 0 Å². The zero-order chi connectivity index (χ0) is 39.2. The van der Waals surface area contributed by atoms with E-state index in [1.807, 2.05) is 84.9 Å². The van der Waals surface area contributed by atoms with E-state index in [-0.39, 0.29) is 21.7 Å². The van der Waals surface area contributed by atoms with Crippen LogP contribution in [0.25, 0.3) is 33.8 Å². The molecule has 282 valence electrons. The van der Waals surface area contributed by atoms with Gasteiger partial charge in [-0.2, -0.15) is 9.97 Å². The number of anilines is 4. The Balaban J connectivity index is 1.39. The lowest BCUT2D eigenvalue weighted by Crippen LogP contribution is -2.38. The zero-order valence-corrected chi connectivity index (χ0v) is 32.2. The smallest absolute Gasteiger partial charge is 0.269 e. The summed E-state index contributed by atoms with van der Waals surface area (Å²) in [4.78, 5) is 10.4. The fourth-order valence-electron chi connectivity index (χ4n) is 6.40. The highest BCUT2D eigenvalue weighted by Crippen LogP contribution is 2.42. The zero-order valence-electron chi connectivity index (χ0n) is 30.5. The van der Waals surface area contributed by atoms with Gasteiger partial charge < -0.3 is 9.47 Å². The minimum atomic E-state index is -3.49. The number of aromatic nitrogens is 6. The molecule has 0 unspecified atom stereocenters. The average Bonchev–Trinajstić information content (AvgIpc) is 3.84. The molecule has 16 heteroatoms. The van der Waals surface area contributed by atoms with Crippen molar-refractivity contribution in [3.8, 4) is 34.0 Å². The van der Waals surface area contributed by atoms with Crippen LogP contribution in [0.1, 0.15) is 0 Å². The van der Waals surface area contributed by atoms with E-state index in [1.165, 1.54) is 12.5 Å². The number of rotatable bonds is 11. The van der Waals surface area contributed by atoms with E-state index in [9.17, 15) is 16.8 Å². The number of pyridine rings is 2. The van der Waals surface area contributed by atoms with Gasteiger partial charge >= 0.3 is 0 Å². The quantitative estimate of drug-likeness (QED) is 0.126. The van der Waals surface area contributed by atoms with Crippen molar-refractivity contribution in [2.24, 2.45) is 0 Å². The first-order valence-electron chi connectivity index (χ1n) is 17.1. The van der Waals surface area contributed by atoms with Crippen LogP contribution in [-0.2, 0) is 19.7 Å². The van der Waals surface area contributed by atoms with E-state index in [0.29, 0.717) is 56.7 Å². The molecule has 0 aliphatic rings. The van der Waals surface area contributed by atoms with Crippen LogP contribution in [0.4, 0.5) is 23.3 Å². The summed E-state index contributed by atoms with van der Waals surface area (Å²) >= 11 is 0. The third-order valence-corrected chi connectivity index (χ3v) is 11.2. The molecule has 0 amide bonds. The first-order valence-corrected chi connectivity index (χ1v) is 20.9. The summed E-state index contributed by atoms with van der Waals surface area (Å²) in [7, 11) is -3.85. The minimum Gasteiger partial charge on any atom is -0.494 e. The summed E-state index contributed by atoms with van der Waals surface area (Å²) in [5, 5.41) is 13.5. The van der Waals surface area contributed by atoms with Crippen LogP contribution in [0.3, 0.4) is 0 Å². The molecule has 0 atom stereocenters. The van der Waals surface area contributed by atoms with Crippen LogP contribution in [0.15, 0.2) is 143 Å². The lowest BCUT2D eigenvalue weighted by Gasteiger charge is -2.34. The molecule has 0 bridgehead atoms. The molecule has 4 aromatic carbocycles. The van der Waals surface area contributed by atoms with Gasteiger partial charge in [0.25, 0.3) is 11.9 Å². The van der Waals surface area contributed by atoms with Gasteiger partial charge in [0.2, 0.25) is 0 Å². The molecule has 8 rings (SSSR count). The number of hydrazine groups is 1. The third kappa shape index (κ3) is 6.64. The van der Waals surface area contributed by atoms with Gasteiger partial charge in [0.15, 0.2) is 31.0 Å². The molecule has 0 saturated heterocycles. The van der Waals surface area contributed by atoms with Crippen LogP contribution in [-0.4, -0.2) is 72.8 Å². The molecule has 0 spiro atoms. The first-order chi connectivity index (χ1) is 26.9. The predicted octanol–water partition coefficient (Wildman–Crippen LogP) is 6.82. The Labute approximate surface area is 322 Å². The molecular weight excluding hydrogens is 753 g/mol. The van der Waals surface area contributed by atoms with E-state index in [4.69, 9.17) is 29.6 Å². The van der Waals surface area contributed by atoms with Crippen molar-refractivity contribution in [1.82, 2.24) is 29.2 Å². The van der Waals surface area contributed by atoms with E-state index in [0.717, 1.165) is 0 Å². The molecule has 0 N–H and O–H groups in total. The summed E-state index contributed by atoms with van der Waals surface area (Å²) in [6.07, 6.45) is 2.34. The maximum atomic E-state index is 12.5. The number of methoxy groups -OCH3 is 2. The Kier molecular flexibility index (Phi) is 9.14. The normalized spacial score (nSPS) is 11.9. The Morgan fingerprint density at radius 2 is 0.893 bits per heavy atom. The van der Waals surface area contributed by atoms with Crippen molar-refractivity contribution in [3.05, 3.63) is 133 Å². The fraction of sp³-hybridized carbons (Fsp3) is 0.100. The second-order valence-electron chi connectivity index (χ2n) is 12.8. The number of hydrogen-bond acceptors (Lipinski definition) is 12. The van der Waals surface area contributed by atoms with Crippen LogP contribution in [0.5, 0.6) is 11.5 Å². The van der Waals surface area contributed by atoms with Gasteiger partial charge in [0.05, 0.1) is 35.4 Å². The van der Waals surface area contributed by atoms with Crippen molar-refractivity contribution >= 4 is 54.2 Å². The molecule has 4 heterocycles. The molecule has 0 saturated carbocycles. The summed E-state index contributed by atoms with van der Waals surface area (Å²) < 4.78 is 65.1. The van der Waals surface area contributed by atoms with Crippen LogP contribution in [0, 0.1) is 0 Å². The summed E-state index contributed by atoms with van der Waals surface area (Å²) in [6.45, 7) is 0. The Hall–Kier alpha value is -6.78. The van der Waals surface area contributed by atoms with Gasteiger partial charge in [-0.3, -0.25) is 0 Å². The molecule has 0 aliphatic carbocycles. The lowest BCUT2D eigenvalue weighted by molar-refractivity contribution is 0.412. The van der Waals surface area contributed by atoms with Gasteiger partial charge in [0, 0.05) is 23.6 Å². The second-order valence-corrected chi connectivity index (χ2v) is 16.8. The van der Waals surface area contributed by atoms with Crippen molar-refractivity contribution in [3.63, 3.8) is 0 Å². The largest absolute Gasteiger partial charge is 0.494 e. The van der Waals surface area contributed by atoms with E-state index >= 15 is 0 Å². The highest BCUT2D eigenvalue weighted by Gasteiger charge is 2.32. The molecule has 0 aliphatic heterocycles. The van der Waals surface area contributed by atoms with E-state index in [2.05, 4.69) is 0 Å². The molecule has 8 aromatic rings. The first kappa shape index (κ1) is 36.2. The number of nitrogens with zero attached hydrogens (tertiary/aromatic N) is 8. The number of para-hydroxylation sites is 4. The van der Waals surface area contributed by atoms with Crippen molar-refractivity contribution < 1.29 is 26.3 Å². The predicted molar refractivity (Wildman–Crippen MR) is 213 cm³/mol. The van der Waals surface area contributed by atoms with Gasteiger partial charge in [-0.15, -0.1) is 10.2 Å². The summed E-state index contributed by atoms with van der Waals surface area (Å²) in [6, 6.07) is 39.0. The highest BCUT2D eigenvalue weighted by molar-refractivity contribution is 7.91. The van der Waals surface area contributed by atoms with Gasteiger partial charge in [-0.25, -0.2) is 35.9 Å². The standard InChI is InChI=1S/C40H34N8O6S2/c1-53-35-21-7-5-17-33(35)47(39-41-37-23-11-19-31(45(37)43-39)27-13-9-15-29(25-27)55(3,49)50)48(34-18-6-8-22-36(34)54-2)40-42-38-24-12-20-32(46(38)44-40)28-14-10-16-30(26-28)56(4,51)52/h5-26H,1-4H3. The summed E-state index contributed by atoms with van der Waals surface area (Å²) in [5.41, 5.74) is 4.43. The molecule has 56 heavy (non-hydrogen) atoms. The molecule has 0 radical (unpaired) electrons. The SMILES string of the molecule is COc1ccccc1N(c1nc2cccc(-c3cccc(S(C)(=O)=O)c3)n2n1)N(c1nc2cccc(-c3cccc(S(C)(=O)=O)c3)n2n1)c1ccccc1OC. The average molecular weight is 787 g/mol. The van der Waals surface area contributed by atoms with Gasteiger partial charge in [-0.1, -0.05) is 60.7 Å². The monoisotopic (exact) mass is 786 g/mol. The highest BCUT2D eigenvalue weighted by atomic mass is 32.2. The van der Waals surface area contributed by atoms with Crippen LogP contribution in [0.2, 0.25) is 0 Å². The van der Waals surface area contributed by atoms with Crippen LogP contribution < -0.4 is 19.5 Å². The third-order valence-electron chi connectivity index (χ3n) is 9.02.